The van der Waals surface area contributed by atoms with Crippen molar-refractivity contribution in [2.75, 3.05) is 39.6 Å². The van der Waals surface area contributed by atoms with Crippen LogP contribution in [0.25, 0.3) is 0 Å². The number of carbonyl (C=O) groups excluding carboxylic acids is 4. The van der Waals surface area contributed by atoms with Gasteiger partial charge in [0.1, 0.15) is 19.3 Å². The molecule has 0 aliphatic heterocycles. The second-order valence-corrected chi connectivity index (χ2v) is 30.9. The predicted molar refractivity (Wildman–Crippen MR) is 372 cm³/mol. The molecule has 0 amide bonds. The molecule has 6 atom stereocenters. The zero-order valence-corrected chi connectivity index (χ0v) is 62.0. The lowest BCUT2D eigenvalue weighted by atomic mass is 10.00. The summed E-state index contributed by atoms with van der Waals surface area (Å²) in [6, 6.07) is 0. The Morgan fingerprint density at radius 3 is 0.772 bits per heavy atom. The van der Waals surface area contributed by atoms with Gasteiger partial charge in [-0.05, 0) is 49.4 Å². The first-order chi connectivity index (χ1) is 44.1. The molecule has 0 aliphatic carbocycles. The van der Waals surface area contributed by atoms with Gasteiger partial charge in [0.05, 0.1) is 26.4 Å². The minimum Gasteiger partial charge on any atom is -0.462 e. The summed E-state index contributed by atoms with van der Waals surface area (Å²) in [6.07, 6.45) is 45.9. The third-order valence-electron chi connectivity index (χ3n) is 17.2. The molecule has 19 heteroatoms. The monoisotopic (exact) mass is 1350 g/mol. The van der Waals surface area contributed by atoms with Gasteiger partial charge in [-0.15, -0.1) is 0 Å². The molecule has 0 radical (unpaired) electrons. The Kier molecular flexibility index (Phi) is 61.3. The number of phosphoric ester groups is 2. The minimum absolute atomic E-state index is 0.104. The normalized spacial score (nSPS) is 14.5. The molecule has 3 N–H and O–H groups in total. The van der Waals surface area contributed by atoms with Crippen molar-refractivity contribution in [3.05, 3.63) is 0 Å². The van der Waals surface area contributed by atoms with E-state index in [0.717, 1.165) is 120 Å². The van der Waals surface area contributed by atoms with Crippen LogP contribution in [0.3, 0.4) is 0 Å². The van der Waals surface area contributed by atoms with E-state index in [1.54, 1.807) is 0 Å². The number of rotatable bonds is 70. The van der Waals surface area contributed by atoms with Gasteiger partial charge < -0.3 is 33.8 Å². The Labute approximate surface area is 562 Å². The minimum atomic E-state index is -4.95. The molecule has 0 saturated heterocycles. The zero-order valence-electron chi connectivity index (χ0n) is 60.2. The summed E-state index contributed by atoms with van der Waals surface area (Å²) in [6.45, 7) is 14.1. The summed E-state index contributed by atoms with van der Waals surface area (Å²) in [5.74, 6) is 0.875. The maximum atomic E-state index is 13.0. The number of carbonyl (C=O) groups is 4. The van der Waals surface area contributed by atoms with Crippen molar-refractivity contribution in [3.8, 4) is 0 Å². The molecule has 0 aromatic carbocycles. The number of aliphatic hydroxyl groups is 1. The molecular weight excluding hydrogens is 1210 g/mol. The number of unbranched alkanes of at least 4 members (excludes halogenated alkanes) is 35. The van der Waals surface area contributed by atoms with Crippen LogP contribution in [0.2, 0.25) is 0 Å². The SMILES string of the molecule is CCC(C)CCCCCCCCC(=O)OC[C@H](COP(=O)(O)OCC(O)COP(=O)(O)OC[C@@H](COC(=O)CCCCCCCCCCC(C)C)OC(=O)CCCCCCCCCCCC(C)C)OC(=O)CCCCCCCCCCCCCCCCCCC(C)C. The molecule has 0 aromatic heterocycles. The molecule has 4 unspecified atom stereocenters. The molecule has 0 bridgehead atoms. The van der Waals surface area contributed by atoms with E-state index in [1.807, 2.05) is 0 Å². The molecule has 0 aliphatic rings. The molecule has 546 valence electrons. The molecule has 17 nitrogen and oxygen atoms in total. The lowest BCUT2D eigenvalue weighted by Crippen LogP contribution is -2.30. The van der Waals surface area contributed by atoms with E-state index in [1.165, 1.54) is 161 Å². The van der Waals surface area contributed by atoms with Gasteiger partial charge in [-0.25, -0.2) is 9.13 Å². The summed E-state index contributed by atoms with van der Waals surface area (Å²) in [5.41, 5.74) is 0. The average Bonchev–Trinajstić information content (AvgIpc) is 1.95. The van der Waals surface area contributed by atoms with Gasteiger partial charge in [-0.3, -0.25) is 37.3 Å². The highest BCUT2D eigenvalue weighted by Crippen LogP contribution is 2.45. The fraction of sp³-hybridized carbons (Fsp3) is 0.945. The van der Waals surface area contributed by atoms with E-state index in [4.69, 9.17) is 37.0 Å². The third-order valence-corrected chi connectivity index (χ3v) is 19.1. The lowest BCUT2D eigenvalue weighted by molar-refractivity contribution is -0.161. The van der Waals surface area contributed by atoms with Crippen LogP contribution < -0.4 is 0 Å². The molecule has 0 aromatic rings. The van der Waals surface area contributed by atoms with Crippen LogP contribution in [0.1, 0.15) is 364 Å². The molecule has 0 fully saturated rings. The highest BCUT2D eigenvalue weighted by atomic mass is 31.2. The summed E-state index contributed by atoms with van der Waals surface area (Å²) in [4.78, 5) is 72.6. The number of hydrogen-bond donors (Lipinski definition) is 3. The maximum absolute atomic E-state index is 13.0. The topological polar surface area (TPSA) is 237 Å². The average molecular weight is 1350 g/mol. The van der Waals surface area contributed by atoms with Gasteiger partial charge in [0.2, 0.25) is 0 Å². The highest BCUT2D eigenvalue weighted by molar-refractivity contribution is 7.47. The van der Waals surface area contributed by atoms with Gasteiger partial charge >= 0.3 is 39.5 Å². The molecule has 0 rings (SSSR count). The van der Waals surface area contributed by atoms with Crippen molar-refractivity contribution in [3.63, 3.8) is 0 Å². The largest absolute Gasteiger partial charge is 0.472 e. The Hall–Kier alpha value is -1.94. The number of hydrogen-bond acceptors (Lipinski definition) is 15. The van der Waals surface area contributed by atoms with Gasteiger partial charge in [0.15, 0.2) is 12.2 Å². The first kappa shape index (κ1) is 90.1. The van der Waals surface area contributed by atoms with Crippen molar-refractivity contribution in [1.29, 1.82) is 0 Å². The molecule has 0 saturated carbocycles. The summed E-state index contributed by atoms with van der Waals surface area (Å²) in [5, 5.41) is 10.6. The predicted octanol–water partition coefficient (Wildman–Crippen LogP) is 20.9. The number of esters is 4. The van der Waals surface area contributed by atoms with E-state index in [-0.39, 0.29) is 25.7 Å². The fourth-order valence-electron chi connectivity index (χ4n) is 11.0. The van der Waals surface area contributed by atoms with Crippen LogP contribution in [-0.2, 0) is 65.4 Å². The molecule has 92 heavy (non-hydrogen) atoms. The van der Waals surface area contributed by atoms with E-state index in [9.17, 15) is 43.2 Å². The second-order valence-electron chi connectivity index (χ2n) is 28.0. The Morgan fingerprint density at radius 2 is 0.522 bits per heavy atom. The van der Waals surface area contributed by atoms with Crippen molar-refractivity contribution in [1.82, 2.24) is 0 Å². The Morgan fingerprint density at radius 1 is 0.304 bits per heavy atom. The summed E-state index contributed by atoms with van der Waals surface area (Å²) in [7, 11) is -9.91. The lowest BCUT2D eigenvalue weighted by Gasteiger charge is -2.21. The van der Waals surface area contributed by atoms with Gasteiger partial charge in [0.25, 0.3) is 0 Å². The van der Waals surface area contributed by atoms with Gasteiger partial charge in [-0.1, -0.05) is 312 Å². The van der Waals surface area contributed by atoms with Crippen LogP contribution in [0, 0.1) is 23.7 Å². The third kappa shape index (κ3) is 65.4. The van der Waals surface area contributed by atoms with E-state index >= 15 is 0 Å². The molecule has 0 spiro atoms. The molecular formula is C73H142O17P2. The summed E-state index contributed by atoms with van der Waals surface area (Å²) < 4.78 is 68.4. The van der Waals surface area contributed by atoms with Crippen LogP contribution in [0.4, 0.5) is 0 Å². The standard InChI is InChI=1S/C73H142O17P2/c1-9-66(8)52-44-36-31-32-38-46-54-71(76)84-60-69(90-72(77)55-47-39-29-21-17-15-13-11-10-12-14-16-19-25-33-41-49-63(2)3)62-88-92(81,82)86-58-67(74)57-85-91(79,80)87-61-68(59-83-70(75)53-45-37-28-24-23-27-35-43-51-65(6)7)89-73(78)56-48-40-30-22-18-20-26-34-42-50-64(4)5/h63-69,74H,9-62H2,1-8H3,(H,79,80)(H,81,82)/t66?,67?,68-,69-/m1/s1. The Balaban J connectivity index is 5.22. The van der Waals surface area contributed by atoms with E-state index < -0.39 is 97.5 Å². The van der Waals surface area contributed by atoms with Crippen molar-refractivity contribution < 1.29 is 80.2 Å². The van der Waals surface area contributed by atoms with E-state index in [2.05, 4.69) is 55.4 Å². The maximum Gasteiger partial charge on any atom is 0.472 e. The second kappa shape index (κ2) is 62.6. The quantitative estimate of drug-likeness (QED) is 0.0222. The number of aliphatic hydroxyl groups excluding tert-OH is 1. The Bertz CT molecular complexity index is 1820. The van der Waals surface area contributed by atoms with Crippen LogP contribution in [-0.4, -0.2) is 96.7 Å². The first-order valence-corrected chi connectivity index (χ1v) is 40.7. The van der Waals surface area contributed by atoms with Crippen molar-refractivity contribution in [2.45, 2.75) is 382 Å². The number of ether oxygens (including phenoxy) is 4. The van der Waals surface area contributed by atoms with Crippen molar-refractivity contribution >= 4 is 39.5 Å². The van der Waals surface area contributed by atoms with Crippen LogP contribution >= 0.6 is 15.6 Å². The zero-order chi connectivity index (χ0) is 68.2. The van der Waals surface area contributed by atoms with E-state index in [0.29, 0.717) is 25.7 Å². The first-order valence-electron chi connectivity index (χ1n) is 37.7. The van der Waals surface area contributed by atoms with Gasteiger partial charge in [-0.2, -0.15) is 0 Å². The van der Waals surface area contributed by atoms with Crippen LogP contribution in [0.15, 0.2) is 0 Å². The van der Waals surface area contributed by atoms with Crippen LogP contribution in [0.5, 0.6) is 0 Å². The van der Waals surface area contributed by atoms with Crippen molar-refractivity contribution in [2.24, 2.45) is 23.7 Å². The van der Waals surface area contributed by atoms with Gasteiger partial charge in [0, 0.05) is 25.7 Å². The smallest absolute Gasteiger partial charge is 0.462 e. The highest BCUT2D eigenvalue weighted by Gasteiger charge is 2.30. The molecule has 0 heterocycles. The summed E-state index contributed by atoms with van der Waals surface area (Å²) >= 11 is 0. The fourth-order valence-corrected chi connectivity index (χ4v) is 12.6. The number of phosphoric acid groups is 2.